The third-order valence-corrected chi connectivity index (χ3v) is 2.58. The predicted octanol–water partition coefficient (Wildman–Crippen LogP) is 2.05. The molecule has 0 aromatic heterocycles. The van der Waals surface area contributed by atoms with Gasteiger partial charge in [-0.1, -0.05) is 0 Å². The van der Waals surface area contributed by atoms with E-state index in [-0.39, 0.29) is 25.6 Å². The van der Waals surface area contributed by atoms with E-state index in [9.17, 15) is 18.0 Å². The van der Waals surface area contributed by atoms with Gasteiger partial charge in [0.1, 0.15) is 5.60 Å². The van der Waals surface area contributed by atoms with Crippen molar-refractivity contribution in [2.75, 3.05) is 13.1 Å². The van der Waals surface area contributed by atoms with Crippen LogP contribution in [0, 0.1) is 5.92 Å². The highest BCUT2D eigenvalue weighted by molar-refractivity contribution is 5.67. The second-order valence-corrected chi connectivity index (χ2v) is 5.46. The molecule has 1 rings (SSSR count). The van der Waals surface area contributed by atoms with Crippen LogP contribution in [0.1, 0.15) is 27.2 Å². The topological polar surface area (TPSA) is 50.4 Å². The summed E-state index contributed by atoms with van der Waals surface area (Å²) < 4.78 is 42.2. The van der Waals surface area contributed by atoms with Crippen LogP contribution in [-0.2, 0) is 4.74 Å². The molecule has 106 valence electrons. The molecule has 1 heterocycles. The summed E-state index contributed by atoms with van der Waals surface area (Å²) in [6.07, 6.45) is -4.80. The summed E-state index contributed by atoms with van der Waals surface area (Å²) in [6.45, 7) is 5.21. The molecule has 0 radical (unpaired) electrons. The van der Waals surface area contributed by atoms with E-state index < -0.39 is 23.8 Å². The lowest BCUT2D eigenvalue weighted by Gasteiger charge is -2.20. The first-order valence-electron chi connectivity index (χ1n) is 5.85. The van der Waals surface area contributed by atoms with Gasteiger partial charge >= 0.3 is 12.3 Å². The zero-order valence-corrected chi connectivity index (χ0v) is 10.7. The molecule has 1 amide bonds. The van der Waals surface area contributed by atoms with Gasteiger partial charge in [0, 0.05) is 19.1 Å². The second kappa shape index (κ2) is 5.34. The molecule has 1 saturated heterocycles. The van der Waals surface area contributed by atoms with Crippen molar-refractivity contribution in [1.82, 2.24) is 10.6 Å². The van der Waals surface area contributed by atoms with Gasteiger partial charge in [-0.05, 0) is 27.2 Å². The molecule has 0 saturated carbocycles. The minimum absolute atomic E-state index is 0.0146. The smallest absolute Gasteiger partial charge is 0.407 e. The Morgan fingerprint density at radius 2 is 2.00 bits per heavy atom. The fourth-order valence-electron chi connectivity index (χ4n) is 1.74. The molecule has 7 heteroatoms. The van der Waals surface area contributed by atoms with Crippen molar-refractivity contribution >= 4 is 6.09 Å². The van der Waals surface area contributed by atoms with Gasteiger partial charge in [-0.25, -0.2) is 4.79 Å². The van der Waals surface area contributed by atoms with Crippen molar-refractivity contribution in [2.45, 2.75) is 45.0 Å². The molecule has 1 aliphatic rings. The number of ether oxygens (including phenoxy) is 1. The third kappa shape index (κ3) is 5.12. The molecule has 0 bridgehead atoms. The van der Waals surface area contributed by atoms with E-state index in [0.29, 0.717) is 0 Å². The Hall–Kier alpha value is -0.980. The third-order valence-electron chi connectivity index (χ3n) is 2.58. The maximum atomic E-state index is 12.4. The molecular formula is C11H19F3N2O2. The number of hydrogen-bond donors (Lipinski definition) is 2. The van der Waals surface area contributed by atoms with Crippen LogP contribution < -0.4 is 10.6 Å². The van der Waals surface area contributed by atoms with Crippen LogP contribution in [0.4, 0.5) is 18.0 Å². The highest BCUT2D eigenvalue weighted by Gasteiger charge is 2.43. The summed E-state index contributed by atoms with van der Waals surface area (Å²) >= 11 is 0. The SMILES string of the molecule is CC(C)(C)OC(=O)NC[C@H]1C[C@H](C(F)(F)F)CN1. The van der Waals surface area contributed by atoms with E-state index in [1.165, 1.54) is 0 Å². The number of alkyl halides is 3. The molecule has 1 fully saturated rings. The lowest BCUT2D eigenvalue weighted by Crippen LogP contribution is -2.39. The van der Waals surface area contributed by atoms with Gasteiger partial charge in [-0.3, -0.25) is 0 Å². The van der Waals surface area contributed by atoms with Crippen molar-refractivity contribution in [3.05, 3.63) is 0 Å². The fraction of sp³-hybridized carbons (Fsp3) is 0.909. The minimum Gasteiger partial charge on any atom is -0.444 e. The van der Waals surface area contributed by atoms with Crippen LogP contribution >= 0.6 is 0 Å². The van der Waals surface area contributed by atoms with E-state index in [1.807, 2.05) is 0 Å². The quantitative estimate of drug-likeness (QED) is 0.806. The predicted molar refractivity (Wildman–Crippen MR) is 60.2 cm³/mol. The zero-order chi connectivity index (χ0) is 14.0. The van der Waals surface area contributed by atoms with Gasteiger partial charge < -0.3 is 15.4 Å². The van der Waals surface area contributed by atoms with Crippen molar-refractivity contribution in [1.29, 1.82) is 0 Å². The molecule has 0 aromatic rings. The molecule has 0 unspecified atom stereocenters. The van der Waals surface area contributed by atoms with Crippen LogP contribution in [0.3, 0.4) is 0 Å². The van der Waals surface area contributed by atoms with Gasteiger partial charge in [0.15, 0.2) is 0 Å². The largest absolute Gasteiger partial charge is 0.444 e. The summed E-state index contributed by atoms with van der Waals surface area (Å²) in [4.78, 5) is 11.3. The standard InChI is InChI=1S/C11H19F3N2O2/c1-10(2,3)18-9(17)16-6-8-4-7(5-15-8)11(12,13)14/h7-8,15H,4-6H2,1-3H3,(H,16,17)/t7-,8+/m0/s1. The van der Waals surface area contributed by atoms with Gasteiger partial charge in [0.25, 0.3) is 0 Å². The maximum Gasteiger partial charge on any atom is 0.407 e. The first-order chi connectivity index (χ1) is 8.08. The van der Waals surface area contributed by atoms with Crippen molar-refractivity contribution in [3.63, 3.8) is 0 Å². The van der Waals surface area contributed by atoms with E-state index in [4.69, 9.17) is 4.74 Å². The molecule has 0 aromatic carbocycles. The lowest BCUT2D eigenvalue weighted by atomic mass is 10.1. The van der Waals surface area contributed by atoms with E-state index in [1.54, 1.807) is 20.8 Å². The Morgan fingerprint density at radius 1 is 1.39 bits per heavy atom. The van der Waals surface area contributed by atoms with Crippen molar-refractivity contribution < 1.29 is 22.7 Å². The number of hydrogen-bond acceptors (Lipinski definition) is 3. The summed E-state index contributed by atoms with van der Waals surface area (Å²) in [6, 6.07) is -0.357. The summed E-state index contributed by atoms with van der Waals surface area (Å²) in [7, 11) is 0. The number of halogens is 3. The number of carbonyl (C=O) groups excluding carboxylic acids is 1. The number of nitrogens with one attached hydrogen (secondary N) is 2. The normalized spacial score (nSPS) is 25.0. The number of carbonyl (C=O) groups is 1. The maximum absolute atomic E-state index is 12.4. The van der Waals surface area contributed by atoms with E-state index in [2.05, 4.69) is 10.6 Å². The Kier molecular flexibility index (Phi) is 4.47. The Bertz CT molecular complexity index is 300. The summed E-state index contributed by atoms with van der Waals surface area (Å²) in [5.41, 5.74) is -0.609. The zero-order valence-electron chi connectivity index (χ0n) is 10.7. The number of amides is 1. The van der Waals surface area contributed by atoms with Crippen LogP contribution in [0.15, 0.2) is 0 Å². The lowest BCUT2D eigenvalue weighted by molar-refractivity contribution is -0.169. The molecule has 0 aliphatic carbocycles. The van der Waals surface area contributed by atoms with E-state index in [0.717, 1.165) is 0 Å². The molecular weight excluding hydrogens is 249 g/mol. The molecule has 18 heavy (non-hydrogen) atoms. The highest BCUT2D eigenvalue weighted by Crippen LogP contribution is 2.32. The first-order valence-corrected chi connectivity index (χ1v) is 5.85. The van der Waals surface area contributed by atoms with Gasteiger partial charge in [-0.15, -0.1) is 0 Å². The molecule has 4 nitrogen and oxygen atoms in total. The average molecular weight is 268 g/mol. The van der Waals surface area contributed by atoms with Crippen LogP contribution in [0.25, 0.3) is 0 Å². The van der Waals surface area contributed by atoms with Crippen LogP contribution in [-0.4, -0.2) is 37.0 Å². The Balaban J connectivity index is 2.28. The highest BCUT2D eigenvalue weighted by atomic mass is 19.4. The van der Waals surface area contributed by atoms with Crippen LogP contribution in [0.5, 0.6) is 0 Å². The minimum atomic E-state index is -4.17. The molecule has 0 spiro atoms. The van der Waals surface area contributed by atoms with Crippen molar-refractivity contribution in [3.8, 4) is 0 Å². The number of alkyl carbamates (subject to hydrolysis) is 1. The van der Waals surface area contributed by atoms with Crippen molar-refractivity contribution in [2.24, 2.45) is 5.92 Å². The van der Waals surface area contributed by atoms with Gasteiger partial charge in [0.05, 0.1) is 5.92 Å². The fourth-order valence-corrected chi connectivity index (χ4v) is 1.74. The second-order valence-electron chi connectivity index (χ2n) is 5.46. The Labute approximate surface area is 104 Å². The molecule has 1 aliphatic heterocycles. The summed E-state index contributed by atoms with van der Waals surface area (Å²) in [5, 5.41) is 5.20. The summed E-state index contributed by atoms with van der Waals surface area (Å²) in [5.74, 6) is -1.33. The van der Waals surface area contributed by atoms with Gasteiger partial charge in [0.2, 0.25) is 0 Å². The number of rotatable bonds is 2. The Morgan fingerprint density at radius 3 is 2.44 bits per heavy atom. The van der Waals surface area contributed by atoms with Gasteiger partial charge in [-0.2, -0.15) is 13.2 Å². The first kappa shape index (κ1) is 15.1. The molecule has 2 atom stereocenters. The van der Waals surface area contributed by atoms with E-state index >= 15 is 0 Å². The van der Waals surface area contributed by atoms with Crippen LogP contribution in [0.2, 0.25) is 0 Å². The molecule has 2 N–H and O–H groups in total. The average Bonchev–Trinajstić information content (AvgIpc) is 2.59. The monoisotopic (exact) mass is 268 g/mol.